The minimum absolute atomic E-state index is 0.0781. The normalized spacial score (nSPS) is 11.2. The summed E-state index contributed by atoms with van der Waals surface area (Å²) in [4.78, 5) is 21.2. The Morgan fingerprint density at radius 2 is 1.92 bits per heavy atom. The van der Waals surface area contributed by atoms with E-state index in [2.05, 4.69) is 9.97 Å². The molecule has 0 amide bonds. The Morgan fingerprint density at radius 3 is 2.73 bits per heavy atom. The highest BCUT2D eigenvalue weighted by atomic mass is 32.2. The molecule has 0 bridgehead atoms. The molecule has 130 valence electrons. The molecule has 0 saturated heterocycles. The van der Waals surface area contributed by atoms with Crippen molar-refractivity contribution in [1.29, 1.82) is 0 Å². The quantitative estimate of drug-likeness (QED) is 0.510. The topological polar surface area (TPSA) is 60.9 Å². The lowest BCUT2D eigenvalue weighted by Gasteiger charge is -2.07. The van der Waals surface area contributed by atoms with E-state index < -0.39 is 0 Å². The standard InChI is InChI=1S/C19H14FN3O2S/c1-23-17(22-15-5-3-2-4-14(15)18(23)24)11-26-19-21-10-16(25-19)12-6-8-13(20)9-7-12/h2-10H,11H2,1H3. The third-order valence-electron chi connectivity index (χ3n) is 4.01. The number of halogens is 1. The van der Waals surface area contributed by atoms with Gasteiger partial charge in [0.1, 0.15) is 11.6 Å². The first-order chi connectivity index (χ1) is 12.6. The van der Waals surface area contributed by atoms with Crippen molar-refractivity contribution in [2.24, 2.45) is 7.05 Å². The number of benzene rings is 2. The molecule has 0 radical (unpaired) electrons. The van der Waals surface area contributed by atoms with Crippen molar-refractivity contribution in [2.45, 2.75) is 11.0 Å². The SMILES string of the molecule is Cn1c(CSc2ncc(-c3ccc(F)cc3)o2)nc2ccccc2c1=O. The predicted molar refractivity (Wildman–Crippen MR) is 98.4 cm³/mol. The van der Waals surface area contributed by atoms with Gasteiger partial charge in [0.15, 0.2) is 5.76 Å². The van der Waals surface area contributed by atoms with Crippen LogP contribution >= 0.6 is 11.8 Å². The lowest BCUT2D eigenvalue weighted by molar-refractivity contribution is 0.466. The number of aromatic nitrogens is 3. The summed E-state index contributed by atoms with van der Waals surface area (Å²) in [5, 5.41) is 1.06. The molecule has 2 aromatic heterocycles. The molecule has 5 nitrogen and oxygen atoms in total. The van der Waals surface area contributed by atoms with Crippen LogP contribution in [0.1, 0.15) is 5.82 Å². The molecule has 0 aliphatic carbocycles. The lowest BCUT2D eigenvalue weighted by atomic mass is 10.2. The third kappa shape index (κ3) is 3.13. The third-order valence-corrected chi connectivity index (χ3v) is 4.85. The van der Waals surface area contributed by atoms with Crippen LogP contribution in [0.25, 0.3) is 22.2 Å². The van der Waals surface area contributed by atoms with E-state index in [0.717, 1.165) is 5.56 Å². The Hall–Kier alpha value is -2.93. The second-order valence-electron chi connectivity index (χ2n) is 5.70. The number of rotatable bonds is 4. The van der Waals surface area contributed by atoms with E-state index in [0.29, 0.717) is 33.5 Å². The van der Waals surface area contributed by atoms with Gasteiger partial charge in [-0.05, 0) is 36.4 Å². The number of para-hydroxylation sites is 1. The monoisotopic (exact) mass is 367 g/mol. The van der Waals surface area contributed by atoms with Crippen LogP contribution in [0.15, 0.2) is 69.2 Å². The van der Waals surface area contributed by atoms with E-state index in [1.807, 2.05) is 18.2 Å². The summed E-state index contributed by atoms with van der Waals surface area (Å²) in [5.74, 6) is 1.35. The molecule has 0 saturated carbocycles. The molecular formula is C19H14FN3O2S. The predicted octanol–water partition coefficient (Wildman–Crippen LogP) is 4.02. The van der Waals surface area contributed by atoms with E-state index >= 15 is 0 Å². The summed E-state index contributed by atoms with van der Waals surface area (Å²) in [5.41, 5.74) is 1.35. The Morgan fingerprint density at radius 1 is 1.15 bits per heavy atom. The van der Waals surface area contributed by atoms with Crippen molar-refractivity contribution < 1.29 is 8.81 Å². The van der Waals surface area contributed by atoms with Gasteiger partial charge in [-0.1, -0.05) is 23.9 Å². The molecule has 26 heavy (non-hydrogen) atoms. The van der Waals surface area contributed by atoms with Crippen molar-refractivity contribution in [3.63, 3.8) is 0 Å². The number of thioether (sulfide) groups is 1. The molecule has 0 spiro atoms. The molecule has 0 fully saturated rings. The van der Waals surface area contributed by atoms with Crippen molar-refractivity contribution in [1.82, 2.24) is 14.5 Å². The molecule has 0 unspecified atom stereocenters. The highest BCUT2D eigenvalue weighted by Gasteiger charge is 2.11. The first-order valence-corrected chi connectivity index (χ1v) is 8.89. The first-order valence-electron chi connectivity index (χ1n) is 7.91. The summed E-state index contributed by atoms with van der Waals surface area (Å²) in [6.07, 6.45) is 1.60. The van der Waals surface area contributed by atoms with Gasteiger partial charge in [0, 0.05) is 12.6 Å². The number of oxazole rings is 1. The number of hydrogen-bond donors (Lipinski definition) is 0. The van der Waals surface area contributed by atoms with Crippen LogP contribution in [0.4, 0.5) is 4.39 Å². The summed E-state index contributed by atoms with van der Waals surface area (Å²) >= 11 is 1.35. The maximum Gasteiger partial charge on any atom is 0.261 e. The van der Waals surface area contributed by atoms with Crippen LogP contribution in [-0.2, 0) is 12.8 Å². The van der Waals surface area contributed by atoms with Gasteiger partial charge in [0.05, 0.1) is 22.9 Å². The fraction of sp³-hybridized carbons (Fsp3) is 0.105. The molecule has 0 atom stereocenters. The Labute approximate surface area is 152 Å². The van der Waals surface area contributed by atoms with E-state index in [9.17, 15) is 9.18 Å². The van der Waals surface area contributed by atoms with Gasteiger partial charge >= 0.3 is 0 Å². The van der Waals surface area contributed by atoms with Gasteiger partial charge in [0.2, 0.25) is 0 Å². The zero-order valence-corrected chi connectivity index (χ0v) is 14.7. The fourth-order valence-corrected chi connectivity index (χ4v) is 3.38. The van der Waals surface area contributed by atoms with Crippen LogP contribution in [0, 0.1) is 5.82 Å². The fourth-order valence-electron chi connectivity index (χ4n) is 2.59. The zero-order chi connectivity index (χ0) is 18.1. The molecular weight excluding hydrogens is 353 g/mol. The second-order valence-corrected chi connectivity index (χ2v) is 6.62. The van der Waals surface area contributed by atoms with Gasteiger partial charge < -0.3 is 4.42 Å². The zero-order valence-electron chi connectivity index (χ0n) is 13.8. The van der Waals surface area contributed by atoms with Crippen molar-refractivity contribution in [3.05, 3.63) is 76.7 Å². The first kappa shape index (κ1) is 16.5. The number of hydrogen-bond acceptors (Lipinski definition) is 5. The van der Waals surface area contributed by atoms with Gasteiger partial charge in [0.25, 0.3) is 10.8 Å². The van der Waals surface area contributed by atoms with Crippen molar-refractivity contribution in [2.75, 3.05) is 0 Å². The minimum atomic E-state index is -0.300. The highest BCUT2D eigenvalue weighted by Crippen LogP contribution is 2.27. The average molecular weight is 367 g/mol. The molecule has 4 rings (SSSR count). The van der Waals surface area contributed by atoms with Crippen LogP contribution in [0.5, 0.6) is 0 Å². The van der Waals surface area contributed by atoms with Crippen LogP contribution in [0.3, 0.4) is 0 Å². The molecule has 2 heterocycles. The van der Waals surface area contributed by atoms with Crippen LogP contribution in [-0.4, -0.2) is 14.5 Å². The largest absolute Gasteiger partial charge is 0.431 e. The van der Waals surface area contributed by atoms with Gasteiger partial charge in [-0.3, -0.25) is 9.36 Å². The second kappa shape index (κ2) is 6.76. The summed E-state index contributed by atoms with van der Waals surface area (Å²) in [6, 6.07) is 13.3. The minimum Gasteiger partial charge on any atom is -0.431 e. The van der Waals surface area contributed by atoms with E-state index in [-0.39, 0.29) is 11.4 Å². The molecule has 7 heteroatoms. The van der Waals surface area contributed by atoms with Crippen molar-refractivity contribution >= 4 is 22.7 Å². The number of fused-ring (bicyclic) bond motifs is 1. The maximum atomic E-state index is 13.0. The van der Waals surface area contributed by atoms with E-state index in [4.69, 9.17) is 4.42 Å². The van der Waals surface area contributed by atoms with Crippen LogP contribution in [0.2, 0.25) is 0 Å². The Balaban J connectivity index is 1.56. The van der Waals surface area contributed by atoms with Gasteiger partial charge in [-0.25, -0.2) is 14.4 Å². The molecule has 2 aromatic carbocycles. The smallest absolute Gasteiger partial charge is 0.261 e. The van der Waals surface area contributed by atoms with Crippen molar-refractivity contribution in [3.8, 4) is 11.3 Å². The molecule has 0 aliphatic heterocycles. The Bertz CT molecular complexity index is 1140. The lowest BCUT2D eigenvalue weighted by Crippen LogP contribution is -2.21. The highest BCUT2D eigenvalue weighted by molar-refractivity contribution is 7.98. The molecule has 4 aromatic rings. The van der Waals surface area contributed by atoms with Crippen LogP contribution < -0.4 is 5.56 Å². The summed E-state index contributed by atoms with van der Waals surface area (Å²) < 4.78 is 20.3. The van der Waals surface area contributed by atoms with Gasteiger partial charge in [-0.15, -0.1) is 0 Å². The van der Waals surface area contributed by atoms with E-state index in [1.165, 1.54) is 23.9 Å². The Kier molecular flexibility index (Phi) is 4.30. The number of nitrogens with zero attached hydrogens (tertiary/aromatic N) is 3. The average Bonchev–Trinajstić information content (AvgIpc) is 3.13. The summed E-state index contributed by atoms with van der Waals surface area (Å²) in [7, 11) is 1.71. The maximum absolute atomic E-state index is 13.0. The van der Waals surface area contributed by atoms with E-state index in [1.54, 1.807) is 36.0 Å². The molecule has 0 N–H and O–H groups in total. The summed E-state index contributed by atoms with van der Waals surface area (Å²) in [6.45, 7) is 0. The van der Waals surface area contributed by atoms with Gasteiger partial charge in [-0.2, -0.15) is 0 Å². The molecule has 0 aliphatic rings.